The third-order valence-electron chi connectivity index (χ3n) is 7.18. The number of rotatable bonds is 4. The highest BCUT2D eigenvalue weighted by Gasteiger charge is 2.43. The number of aromatic nitrogens is 4. The van der Waals surface area contributed by atoms with Gasteiger partial charge in [0.2, 0.25) is 0 Å². The summed E-state index contributed by atoms with van der Waals surface area (Å²) in [6, 6.07) is 17.9. The lowest BCUT2D eigenvalue weighted by atomic mass is 9.98. The van der Waals surface area contributed by atoms with E-state index in [0.29, 0.717) is 46.5 Å². The zero-order chi connectivity index (χ0) is 25.1. The van der Waals surface area contributed by atoms with E-state index in [9.17, 15) is 4.79 Å². The highest BCUT2D eigenvalue weighted by molar-refractivity contribution is 6.33. The summed E-state index contributed by atoms with van der Waals surface area (Å²) in [4.78, 5) is 25.0. The Bertz CT molecular complexity index is 1710. The maximum absolute atomic E-state index is 12.6. The summed E-state index contributed by atoms with van der Waals surface area (Å²) in [6.07, 6.45) is 2.51. The van der Waals surface area contributed by atoms with Gasteiger partial charge in [-0.05, 0) is 41.1 Å². The molecule has 1 N–H and O–H groups in total. The molecule has 186 valence electrons. The number of fused-ring (bicyclic) bond motifs is 3. The SMILES string of the molecule is Cn1ccc2c(-c3ccc(-c4nc5nc(O[C@@H]6CO[C@@H]7CCO[C@@H]76)[nH]c5cc4Cl)cc3)cccc2c1=O. The lowest BCUT2D eigenvalue weighted by molar-refractivity contribution is 0.0273. The molecule has 2 aliphatic rings. The van der Waals surface area contributed by atoms with E-state index < -0.39 is 0 Å². The summed E-state index contributed by atoms with van der Waals surface area (Å²) in [7, 11) is 1.76. The maximum atomic E-state index is 12.6. The highest BCUT2D eigenvalue weighted by Crippen LogP contribution is 2.34. The van der Waals surface area contributed by atoms with Crippen molar-refractivity contribution in [3.63, 3.8) is 0 Å². The molecule has 8 nitrogen and oxygen atoms in total. The van der Waals surface area contributed by atoms with Gasteiger partial charge in [-0.3, -0.25) is 4.79 Å². The molecular weight excluding hydrogens is 492 g/mol. The first-order valence-corrected chi connectivity index (χ1v) is 12.6. The van der Waals surface area contributed by atoms with Crippen LogP contribution in [0.1, 0.15) is 6.42 Å². The first kappa shape index (κ1) is 22.5. The number of nitrogens with zero attached hydrogens (tertiary/aromatic N) is 3. The molecular formula is C28H23ClN4O4. The van der Waals surface area contributed by atoms with Crippen LogP contribution in [0.25, 0.3) is 44.3 Å². The van der Waals surface area contributed by atoms with Crippen molar-refractivity contribution in [3.8, 4) is 28.4 Å². The third-order valence-corrected chi connectivity index (χ3v) is 7.47. The predicted molar refractivity (Wildman–Crippen MR) is 141 cm³/mol. The van der Waals surface area contributed by atoms with Crippen LogP contribution in [0.3, 0.4) is 0 Å². The molecule has 2 aliphatic heterocycles. The van der Waals surface area contributed by atoms with Crippen molar-refractivity contribution in [2.45, 2.75) is 24.7 Å². The van der Waals surface area contributed by atoms with Crippen LogP contribution < -0.4 is 10.3 Å². The van der Waals surface area contributed by atoms with Gasteiger partial charge < -0.3 is 23.8 Å². The van der Waals surface area contributed by atoms with Crippen molar-refractivity contribution in [3.05, 3.63) is 76.2 Å². The Morgan fingerprint density at radius 2 is 1.89 bits per heavy atom. The molecule has 3 atom stereocenters. The average molecular weight is 515 g/mol. The molecule has 0 saturated carbocycles. The summed E-state index contributed by atoms with van der Waals surface area (Å²) in [6.45, 7) is 1.16. The van der Waals surface area contributed by atoms with Crippen LogP contribution in [0.5, 0.6) is 6.01 Å². The summed E-state index contributed by atoms with van der Waals surface area (Å²) < 4.78 is 19.2. The van der Waals surface area contributed by atoms with Crippen molar-refractivity contribution in [2.75, 3.05) is 13.2 Å². The number of aromatic amines is 1. The van der Waals surface area contributed by atoms with E-state index in [1.54, 1.807) is 17.8 Å². The van der Waals surface area contributed by atoms with Crippen molar-refractivity contribution >= 4 is 33.5 Å². The topological polar surface area (TPSA) is 91.3 Å². The Kier molecular flexibility index (Phi) is 5.28. The Morgan fingerprint density at radius 1 is 1.05 bits per heavy atom. The lowest BCUT2D eigenvalue weighted by Crippen LogP contribution is -2.32. The number of halogens is 1. The molecule has 0 aliphatic carbocycles. The van der Waals surface area contributed by atoms with E-state index in [1.165, 1.54) is 0 Å². The average Bonchev–Trinajstić information content (AvgIpc) is 3.63. The minimum atomic E-state index is -0.204. The third kappa shape index (κ3) is 3.80. The molecule has 0 bridgehead atoms. The first-order valence-electron chi connectivity index (χ1n) is 12.2. The Labute approximate surface area is 216 Å². The second-order valence-corrected chi connectivity index (χ2v) is 9.87. The van der Waals surface area contributed by atoms with Gasteiger partial charge in [-0.2, -0.15) is 4.98 Å². The van der Waals surface area contributed by atoms with Crippen LogP contribution in [0.15, 0.2) is 65.6 Å². The molecule has 7 rings (SSSR count). The van der Waals surface area contributed by atoms with Crippen LogP contribution in [0.2, 0.25) is 5.02 Å². The molecule has 9 heteroatoms. The van der Waals surface area contributed by atoms with Crippen molar-refractivity contribution in [1.29, 1.82) is 0 Å². The van der Waals surface area contributed by atoms with Crippen LogP contribution in [0, 0.1) is 0 Å². The van der Waals surface area contributed by atoms with Gasteiger partial charge in [-0.25, -0.2) is 4.98 Å². The van der Waals surface area contributed by atoms with Crippen molar-refractivity contribution < 1.29 is 14.2 Å². The molecule has 5 heterocycles. The monoisotopic (exact) mass is 514 g/mol. The summed E-state index contributed by atoms with van der Waals surface area (Å²) >= 11 is 6.63. The number of imidazole rings is 1. The predicted octanol–water partition coefficient (Wildman–Crippen LogP) is 4.73. The zero-order valence-electron chi connectivity index (χ0n) is 20.0. The highest BCUT2D eigenvalue weighted by atomic mass is 35.5. The van der Waals surface area contributed by atoms with E-state index in [0.717, 1.165) is 28.5 Å². The van der Waals surface area contributed by atoms with E-state index >= 15 is 0 Å². The molecule has 37 heavy (non-hydrogen) atoms. The summed E-state index contributed by atoms with van der Waals surface area (Å²) in [5, 5.41) is 2.12. The normalized spacial score (nSPS) is 21.1. The number of hydrogen-bond acceptors (Lipinski definition) is 6. The molecule has 3 aromatic heterocycles. The molecule has 2 fully saturated rings. The van der Waals surface area contributed by atoms with Gasteiger partial charge in [0.15, 0.2) is 11.8 Å². The summed E-state index contributed by atoms with van der Waals surface area (Å²) in [5.41, 5.74) is 4.69. The largest absolute Gasteiger partial charge is 0.456 e. The van der Waals surface area contributed by atoms with Crippen LogP contribution in [0.4, 0.5) is 0 Å². The maximum Gasteiger partial charge on any atom is 0.296 e. The van der Waals surface area contributed by atoms with E-state index in [-0.39, 0.29) is 23.9 Å². The number of pyridine rings is 2. The standard InChI is InChI=1S/C28H23ClN4O4/c1-33-11-9-18-17(3-2-4-19(18)27(33)34)15-5-7-16(8-6-15)24-20(29)13-21-26(31-24)32-28(30-21)37-23-14-36-22-10-12-35-25(22)23/h2-9,11,13,22-23,25H,10,12,14H2,1H3,(H,30,31,32)/t22-,23-,25+/m1/s1. The second kappa shape index (κ2) is 8.69. The molecule has 0 amide bonds. The molecule has 0 radical (unpaired) electrons. The quantitative estimate of drug-likeness (QED) is 0.373. The molecule has 2 saturated heterocycles. The van der Waals surface area contributed by atoms with Gasteiger partial charge >= 0.3 is 0 Å². The van der Waals surface area contributed by atoms with Crippen molar-refractivity contribution in [2.24, 2.45) is 7.05 Å². The Hall–Kier alpha value is -3.72. The van der Waals surface area contributed by atoms with Gasteiger partial charge in [-0.1, -0.05) is 48.0 Å². The molecule has 5 aromatic rings. The zero-order valence-corrected chi connectivity index (χ0v) is 20.7. The van der Waals surface area contributed by atoms with Crippen LogP contribution in [-0.4, -0.2) is 51.0 Å². The fraction of sp³-hybridized carbons (Fsp3) is 0.250. The fourth-order valence-electron chi connectivity index (χ4n) is 5.26. The van der Waals surface area contributed by atoms with Gasteiger partial charge in [0.25, 0.3) is 11.6 Å². The molecule has 0 spiro atoms. The number of H-pyrrole nitrogens is 1. The Morgan fingerprint density at radius 3 is 2.76 bits per heavy atom. The first-order chi connectivity index (χ1) is 18.0. The van der Waals surface area contributed by atoms with Gasteiger partial charge in [0.05, 0.1) is 28.9 Å². The van der Waals surface area contributed by atoms with E-state index in [4.69, 9.17) is 30.8 Å². The van der Waals surface area contributed by atoms with Crippen LogP contribution in [-0.2, 0) is 16.5 Å². The lowest BCUT2D eigenvalue weighted by Gasteiger charge is -2.15. The van der Waals surface area contributed by atoms with Gasteiger partial charge in [0, 0.05) is 30.8 Å². The number of ether oxygens (including phenoxy) is 3. The Balaban J connectivity index is 1.19. The van der Waals surface area contributed by atoms with Crippen molar-refractivity contribution in [1.82, 2.24) is 19.5 Å². The minimum Gasteiger partial charge on any atom is -0.456 e. The molecule has 2 aromatic carbocycles. The smallest absolute Gasteiger partial charge is 0.296 e. The van der Waals surface area contributed by atoms with Crippen LogP contribution >= 0.6 is 11.6 Å². The van der Waals surface area contributed by atoms with Gasteiger partial charge in [0.1, 0.15) is 6.10 Å². The number of nitrogens with one attached hydrogen (secondary N) is 1. The van der Waals surface area contributed by atoms with E-state index in [2.05, 4.69) is 9.97 Å². The number of aryl methyl sites for hydroxylation is 1. The molecule has 0 unspecified atom stereocenters. The number of benzene rings is 2. The minimum absolute atomic E-state index is 0.0151. The van der Waals surface area contributed by atoms with E-state index in [1.807, 2.05) is 54.6 Å². The fourth-order valence-corrected chi connectivity index (χ4v) is 5.52. The second-order valence-electron chi connectivity index (χ2n) is 9.46. The van der Waals surface area contributed by atoms with Gasteiger partial charge in [-0.15, -0.1) is 0 Å². The summed E-state index contributed by atoms with van der Waals surface area (Å²) in [5.74, 6) is 0. The number of hydrogen-bond donors (Lipinski definition) is 1.